The fourth-order valence-corrected chi connectivity index (χ4v) is 4.06. The normalized spacial score (nSPS) is 11.1. The predicted octanol–water partition coefficient (Wildman–Crippen LogP) is 6.74. The summed E-state index contributed by atoms with van der Waals surface area (Å²) < 4.78 is 0. The van der Waals surface area contributed by atoms with E-state index in [1.165, 1.54) is 0 Å². The molecular weight excluding hydrogens is 344 g/mol. The average molecular weight is 362 g/mol. The Bertz CT molecular complexity index is 1310. The fourth-order valence-electron chi connectivity index (χ4n) is 4.06. The van der Waals surface area contributed by atoms with Crippen LogP contribution in [0.15, 0.2) is 97.1 Å². The van der Waals surface area contributed by atoms with Crippen LogP contribution in [0, 0.1) is 0 Å². The number of aromatic hydroxyl groups is 2. The van der Waals surface area contributed by atoms with Gasteiger partial charge in [0, 0.05) is 10.9 Å². The molecule has 2 N–H and O–H groups in total. The van der Waals surface area contributed by atoms with Crippen molar-refractivity contribution in [1.29, 1.82) is 0 Å². The highest BCUT2D eigenvalue weighted by Crippen LogP contribution is 2.48. The molecule has 0 fully saturated rings. The fraction of sp³-hybridized carbons (Fsp3) is 0. The van der Waals surface area contributed by atoms with E-state index in [0.717, 1.165) is 38.4 Å². The first-order valence-electron chi connectivity index (χ1n) is 9.26. The van der Waals surface area contributed by atoms with Crippen molar-refractivity contribution >= 4 is 21.5 Å². The van der Waals surface area contributed by atoms with Crippen molar-refractivity contribution in [2.45, 2.75) is 0 Å². The lowest BCUT2D eigenvalue weighted by atomic mass is 9.85. The summed E-state index contributed by atoms with van der Waals surface area (Å²) in [6.45, 7) is 0. The third kappa shape index (κ3) is 2.43. The highest BCUT2D eigenvalue weighted by atomic mass is 16.3. The second-order valence-electron chi connectivity index (χ2n) is 6.88. The molecule has 5 rings (SSSR count). The van der Waals surface area contributed by atoms with Gasteiger partial charge < -0.3 is 10.2 Å². The quantitative estimate of drug-likeness (QED) is 0.270. The zero-order valence-corrected chi connectivity index (χ0v) is 15.1. The molecule has 5 aromatic carbocycles. The Kier molecular flexibility index (Phi) is 3.77. The molecule has 0 saturated carbocycles. The molecule has 2 heteroatoms. The van der Waals surface area contributed by atoms with Gasteiger partial charge in [0.15, 0.2) is 11.5 Å². The van der Waals surface area contributed by atoms with Crippen LogP contribution in [0.1, 0.15) is 0 Å². The number of hydrogen-bond acceptors (Lipinski definition) is 2. The highest BCUT2D eigenvalue weighted by Gasteiger charge is 2.20. The molecule has 0 radical (unpaired) electrons. The molecule has 0 aliphatic carbocycles. The van der Waals surface area contributed by atoms with Gasteiger partial charge in [-0.2, -0.15) is 0 Å². The predicted molar refractivity (Wildman–Crippen MR) is 116 cm³/mol. The van der Waals surface area contributed by atoms with Gasteiger partial charge in [-0.3, -0.25) is 0 Å². The SMILES string of the molecule is Oc1ccc2c(-c3ccccc3)c3ccccc3c(-c3ccccc3)c2c1O. The van der Waals surface area contributed by atoms with Crippen LogP contribution in [0.4, 0.5) is 0 Å². The topological polar surface area (TPSA) is 40.5 Å². The van der Waals surface area contributed by atoms with Crippen LogP contribution in [-0.2, 0) is 0 Å². The molecule has 0 aromatic heterocycles. The summed E-state index contributed by atoms with van der Waals surface area (Å²) in [5.74, 6) is -0.196. The van der Waals surface area contributed by atoms with E-state index in [1.807, 2.05) is 66.7 Å². The minimum absolute atomic E-state index is 0.0840. The Morgan fingerprint density at radius 3 is 1.54 bits per heavy atom. The van der Waals surface area contributed by atoms with Crippen LogP contribution in [0.25, 0.3) is 43.8 Å². The van der Waals surface area contributed by atoms with Crippen molar-refractivity contribution in [3.8, 4) is 33.8 Å². The monoisotopic (exact) mass is 362 g/mol. The molecule has 0 heterocycles. The molecule has 134 valence electrons. The Labute approximate surface area is 162 Å². The van der Waals surface area contributed by atoms with E-state index in [4.69, 9.17) is 0 Å². The van der Waals surface area contributed by atoms with Gasteiger partial charge in [-0.1, -0.05) is 84.9 Å². The molecule has 2 nitrogen and oxygen atoms in total. The van der Waals surface area contributed by atoms with Gasteiger partial charge in [0.25, 0.3) is 0 Å². The van der Waals surface area contributed by atoms with Gasteiger partial charge in [0.1, 0.15) is 0 Å². The second kappa shape index (κ2) is 6.43. The van der Waals surface area contributed by atoms with Crippen LogP contribution in [0.5, 0.6) is 11.5 Å². The van der Waals surface area contributed by atoms with Crippen molar-refractivity contribution in [2.75, 3.05) is 0 Å². The molecular formula is C26H18O2. The lowest BCUT2D eigenvalue weighted by Gasteiger charge is -2.18. The number of rotatable bonds is 2. The summed E-state index contributed by atoms with van der Waals surface area (Å²) in [5.41, 5.74) is 4.07. The standard InChI is InChI=1S/C26H18O2/c27-22-16-15-21-23(17-9-3-1-4-10-17)19-13-7-8-14-20(19)24(25(21)26(22)28)18-11-5-2-6-12-18/h1-16,27-28H. The lowest BCUT2D eigenvalue weighted by Crippen LogP contribution is -1.91. The maximum atomic E-state index is 10.9. The zero-order chi connectivity index (χ0) is 19.1. The van der Waals surface area contributed by atoms with Gasteiger partial charge >= 0.3 is 0 Å². The first-order valence-corrected chi connectivity index (χ1v) is 9.26. The maximum Gasteiger partial charge on any atom is 0.166 e. The number of hydrogen-bond donors (Lipinski definition) is 2. The van der Waals surface area contributed by atoms with Crippen molar-refractivity contribution in [1.82, 2.24) is 0 Å². The summed E-state index contributed by atoms with van der Waals surface area (Å²) in [4.78, 5) is 0. The van der Waals surface area contributed by atoms with E-state index >= 15 is 0 Å². The third-order valence-corrected chi connectivity index (χ3v) is 5.27. The summed E-state index contributed by atoms with van der Waals surface area (Å²) in [7, 11) is 0. The van der Waals surface area contributed by atoms with E-state index in [9.17, 15) is 10.2 Å². The number of phenols is 2. The molecule has 0 unspecified atom stereocenters. The molecule has 5 aromatic rings. The Morgan fingerprint density at radius 1 is 0.429 bits per heavy atom. The van der Waals surface area contributed by atoms with Crippen molar-refractivity contribution in [3.63, 3.8) is 0 Å². The van der Waals surface area contributed by atoms with Gasteiger partial charge in [0.05, 0.1) is 0 Å². The molecule has 0 bridgehead atoms. The van der Waals surface area contributed by atoms with E-state index in [2.05, 4.69) is 24.3 Å². The first kappa shape index (κ1) is 16.4. The summed E-state index contributed by atoms with van der Waals surface area (Å²) in [5, 5.41) is 24.9. The van der Waals surface area contributed by atoms with Gasteiger partial charge in [0.2, 0.25) is 0 Å². The van der Waals surface area contributed by atoms with E-state index in [1.54, 1.807) is 6.07 Å². The number of fused-ring (bicyclic) bond motifs is 2. The van der Waals surface area contributed by atoms with Crippen LogP contribution >= 0.6 is 0 Å². The highest BCUT2D eigenvalue weighted by molar-refractivity contribution is 6.23. The number of phenolic OH excluding ortho intramolecular Hbond substituents is 2. The summed E-state index contributed by atoms with van der Waals surface area (Å²) >= 11 is 0. The van der Waals surface area contributed by atoms with E-state index < -0.39 is 0 Å². The smallest absolute Gasteiger partial charge is 0.166 e. The second-order valence-corrected chi connectivity index (χ2v) is 6.88. The van der Waals surface area contributed by atoms with Gasteiger partial charge in [-0.05, 0) is 45.0 Å². The summed E-state index contributed by atoms with van der Waals surface area (Å²) in [6, 6.07) is 31.9. The molecule has 0 aliphatic rings. The van der Waals surface area contributed by atoms with Crippen molar-refractivity contribution in [2.24, 2.45) is 0 Å². The largest absolute Gasteiger partial charge is 0.504 e. The molecule has 0 aliphatic heterocycles. The van der Waals surface area contributed by atoms with Gasteiger partial charge in [-0.15, -0.1) is 0 Å². The minimum Gasteiger partial charge on any atom is -0.504 e. The molecule has 0 atom stereocenters. The molecule has 0 saturated heterocycles. The van der Waals surface area contributed by atoms with Crippen LogP contribution in [0.2, 0.25) is 0 Å². The van der Waals surface area contributed by atoms with Crippen LogP contribution in [0.3, 0.4) is 0 Å². The van der Waals surface area contributed by atoms with Crippen LogP contribution < -0.4 is 0 Å². The maximum absolute atomic E-state index is 10.9. The Morgan fingerprint density at radius 2 is 0.929 bits per heavy atom. The number of benzene rings is 5. The molecule has 28 heavy (non-hydrogen) atoms. The Balaban J connectivity index is 2.08. The lowest BCUT2D eigenvalue weighted by molar-refractivity contribution is 0.408. The third-order valence-electron chi connectivity index (χ3n) is 5.27. The van der Waals surface area contributed by atoms with E-state index in [-0.39, 0.29) is 11.5 Å². The minimum atomic E-state index is -0.112. The van der Waals surface area contributed by atoms with Crippen molar-refractivity contribution in [3.05, 3.63) is 97.1 Å². The average Bonchev–Trinajstić information content (AvgIpc) is 2.76. The molecule has 0 spiro atoms. The molecule has 0 amide bonds. The van der Waals surface area contributed by atoms with Crippen molar-refractivity contribution < 1.29 is 10.2 Å². The Hall–Kier alpha value is -3.78. The summed E-state index contributed by atoms with van der Waals surface area (Å²) in [6.07, 6.45) is 0. The zero-order valence-electron chi connectivity index (χ0n) is 15.1. The van der Waals surface area contributed by atoms with Crippen LogP contribution in [-0.4, -0.2) is 10.2 Å². The first-order chi connectivity index (χ1) is 13.8. The van der Waals surface area contributed by atoms with E-state index in [0.29, 0.717) is 5.39 Å². The van der Waals surface area contributed by atoms with Gasteiger partial charge in [-0.25, -0.2) is 0 Å².